The summed E-state index contributed by atoms with van der Waals surface area (Å²) in [5.74, 6) is 0. The SMILES string of the molecule is c1ccc(-c2cc(-c3ccccc3)cc(N(c3ccccc3)c3ccc(-c4cc(N(c5ccccc5)c5ccccc5)c(-c5ccc(N(c6ccccc6)c6ccccc6)cc5)cc4N(c4ccccc4)c4ccccc4)cc3)c2)cc1. The predicted octanol–water partition coefficient (Wildman–Crippen LogP) is 22.2. The van der Waals surface area contributed by atoms with E-state index in [-0.39, 0.29) is 0 Å². The van der Waals surface area contributed by atoms with E-state index < -0.39 is 0 Å². The smallest absolute Gasteiger partial charge is 0.0547 e. The summed E-state index contributed by atoms with van der Waals surface area (Å²) in [4.78, 5) is 9.51. The summed E-state index contributed by atoms with van der Waals surface area (Å²) in [5.41, 5.74) is 21.6. The minimum atomic E-state index is 1.03. The number of nitrogens with zero attached hydrogens (tertiary/aromatic N) is 4. The lowest BCUT2D eigenvalue weighted by Gasteiger charge is -2.33. The van der Waals surface area contributed by atoms with Crippen molar-refractivity contribution in [2.75, 3.05) is 19.6 Å². The van der Waals surface area contributed by atoms with Gasteiger partial charge in [0.05, 0.1) is 11.4 Å². The summed E-state index contributed by atoms with van der Waals surface area (Å²) >= 11 is 0. The van der Waals surface area contributed by atoms with E-state index in [1.807, 2.05) is 0 Å². The number of rotatable bonds is 16. The van der Waals surface area contributed by atoms with Crippen LogP contribution in [0.3, 0.4) is 0 Å². The normalized spacial score (nSPS) is 10.9. The molecule has 13 aromatic carbocycles. The maximum Gasteiger partial charge on any atom is 0.0547 e. The van der Waals surface area contributed by atoms with Gasteiger partial charge in [-0.2, -0.15) is 0 Å². The molecule has 0 saturated carbocycles. The fraction of sp³-hybridized carbons (Fsp3) is 0. The maximum atomic E-state index is 2.41. The lowest BCUT2D eigenvalue weighted by Crippen LogP contribution is -2.15. The van der Waals surface area contributed by atoms with Gasteiger partial charge in [-0.1, -0.05) is 212 Å². The molecule has 4 heteroatoms. The standard InChI is InChI=1S/C78H58N4/c1-10-28-59(29-11-1)63-54-64(60-30-12-2-13-31-60)56-74(55-63)80(67-36-18-5-19-37-67)73-52-48-62(49-53-73)76-58-77(81(68-38-20-6-21-39-68)69-40-22-7-23-41-69)75(57-78(76)82(70-42-24-8-25-43-70)71-44-26-9-27-45-71)61-46-50-72(51-47-61)79(65-32-14-3-15-33-65)66-34-16-4-17-35-66/h1-58H. The van der Waals surface area contributed by atoms with Gasteiger partial charge in [0.15, 0.2) is 0 Å². The Morgan fingerprint density at radius 3 is 0.622 bits per heavy atom. The van der Waals surface area contributed by atoms with Crippen molar-refractivity contribution >= 4 is 68.2 Å². The van der Waals surface area contributed by atoms with Crippen LogP contribution in [0.5, 0.6) is 0 Å². The first-order chi connectivity index (χ1) is 40.7. The molecule has 0 unspecified atom stereocenters. The molecule has 4 nitrogen and oxygen atoms in total. The van der Waals surface area contributed by atoms with Gasteiger partial charge in [0.2, 0.25) is 0 Å². The maximum absolute atomic E-state index is 2.41. The quantitative estimate of drug-likeness (QED) is 0.0956. The van der Waals surface area contributed by atoms with Gasteiger partial charge < -0.3 is 19.6 Å². The zero-order valence-electron chi connectivity index (χ0n) is 45.3. The molecule has 0 aliphatic carbocycles. The summed E-state index contributed by atoms with van der Waals surface area (Å²) < 4.78 is 0. The van der Waals surface area contributed by atoms with Crippen LogP contribution in [-0.2, 0) is 0 Å². The number of benzene rings is 13. The van der Waals surface area contributed by atoms with Crippen molar-refractivity contribution in [3.05, 3.63) is 352 Å². The van der Waals surface area contributed by atoms with Crippen LogP contribution in [0.25, 0.3) is 44.5 Å². The van der Waals surface area contributed by atoms with E-state index in [9.17, 15) is 0 Å². The molecule has 0 amide bonds. The third kappa shape index (κ3) is 10.7. The van der Waals surface area contributed by atoms with Gasteiger partial charge in [0, 0.05) is 68.0 Å². The Kier molecular flexibility index (Phi) is 14.5. The number of hydrogen-bond acceptors (Lipinski definition) is 4. The second-order valence-corrected chi connectivity index (χ2v) is 20.2. The van der Waals surface area contributed by atoms with Gasteiger partial charge in [0.1, 0.15) is 0 Å². The van der Waals surface area contributed by atoms with Crippen molar-refractivity contribution in [1.29, 1.82) is 0 Å². The van der Waals surface area contributed by atoms with Crippen LogP contribution in [0.1, 0.15) is 0 Å². The molecule has 0 saturated heterocycles. The minimum absolute atomic E-state index is 1.03. The molecule has 0 heterocycles. The fourth-order valence-electron chi connectivity index (χ4n) is 11.1. The van der Waals surface area contributed by atoms with Crippen LogP contribution >= 0.6 is 0 Å². The van der Waals surface area contributed by atoms with Crippen molar-refractivity contribution in [2.24, 2.45) is 0 Å². The third-order valence-corrected chi connectivity index (χ3v) is 15.0. The van der Waals surface area contributed by atoms with Crippen LogP contribution < -0.4 is 19.6 Å². The van der Waals surface area contributed by atoms with E-state index in [2.05, 4.69) is 371 Å². The molecule has 0 N–H and O–H groups in total. The summed E-state index contributed by atoms with van der Waals surface area (Å²) in [6.45, 7) is 0. The average molecular weight is 1050 g/mol. The van der Waals surface area contributed by atoms with Crippen LogP contribution in [0.15, 0.2) is 352 Å². The van der Waals surface area contributed by atoms with Gasteiger partial charge in [0.25, 0.3) is 0 Å². The highest BCUT2D eigenvalue weighted by molar-refractivity contribution is 5.99. The van der Waals surface area contributed by atoms with Crippen molar-refractivity contribution < 1.29 is 0 Å². The zero-order valence-corrected chi connectivity index (χ0v) is 45.3. The molecule has 0 fully saturated rings. The topological polar surface area (TPSA) is 13.0 Å². The van der Waals surface area contributed by atoms with Crippen LogP contribution in [0, 0.1) is 0 Å². The molecular weight excluding hydrogens is 993 g/mol. The molecule has 0 aliphatic rings. The first-order valence-corrected chi connectivity index (χ1v) is 27.9. The van der Waals surface area contributed by atoms with Crippen molar-refractivity contribution in [2.45, 2.75) is 0 Å². The van der Waals surface area contributed by atoms with Crippen molar-refractivity contribution in [3.8, 4) is 44.5 Å². The summed E-state index contributed by atoms with van der Waals surface area (Å²) in [6.07, 6.45) is 0. The Hall–Kier alpha value is -10.9. The van der Waals surface area contributed by atoms with E-state index >= 15 is 0 Å². The second kappa shape index (κ2) is 23.6. The lowest BCUT2D eigenvalue weighted by atomic mass is 9.93. The Morgan fingerprint density at radius 2 is 0.354 bits per heavy atom. The number of para-hydroxylation sites is 7. The van der Waals surface area contributed by atoms with E-state index in [0.717, 1.165) is 113 Å². The Morgan fingerprint density at radius 1 is 0.134 bits per heavy atom. The number of anilines is 12. The molecule has 13 aromatic rings. The highest BCUT2D eigenvalue weighted by Gasteiger charge is 2.26. The predicted molar refractivity (Wildman–Crippen MR) is 347 cm³/mol. The third-order valence-electron chi connectivity index (χ3n) is 15.0. The van der Waals surface area contributed by atoms with Gasteiger partial charge in [-0.25, -0.2) is 0 Å². The zero-order chi connectivity index (χ0) is 54.9. The largest absolute Gasteiger partial charge is 0.311 e. The van der Waals surface area contributed by atoms with Crippen LogP contribution in [0.2, 0.25) is 0 Å². The monoisotopic (exact) mass is 1050 g/mol. The first-order valence-electron chi connectivity index (χ1n) is 27.9. The Bertz CT molecular complexity index is 3980. The Labute approximate surface area is 481 Å². The molecule has 0 bridgehead atoms. The van der Waals surface area contributed by atoms with E-state index in [0.29, 0.717) is 0 Å². The molecule has 390 valence electrons. The molecule has 0 aliphatic heterocycles. The molecule has 0 aromatic heterocycles. The molecular formula is C78H58N4. The molecule has 13 rings (SSSR count). The first kappa shape index (κ1) is 50.6. The van der Waals surface area contributed by atoms with Crippen LogP contribution in [0.4, 0.5) is 68.2 Å². The fourth-order valence-corrected chi connectivity index (χ4v) is 11.1. The van der Waals surface area contributed by atoms with Gasteiger partial charge in [-0.15, -0.1) is 0 Å². The number of hydrogen-bond donors (Lipinski definition) is 0. The molecule has 0 radical (unpaired) electrons. The summed E-state index contributed by atoms with van der Waals surface area (Å²) in [7, 11) is 0. The van der Waals surface area contributed by atoms with Crippen LogP contribution in [-0.4, -0.2) is 0 Å². The molecule has 82 heavy (non-hydrogen) atoms. The average Bonchev–Trinajstić information content (AvgIpc) is 3.74. The van der Waals surface area contributed by atoms with E-state index in [1.54, 1.807) is 0 Å². The van der Waals surface area contributed by atoms with E-state index in [4.69, 9.17) is 0 Å². The highest BCUT2D eigenvalue weighted by atomic mass is 15.2. The summed E-state index contributed by atoms with van der Waals surface area (Å²) in [5, 5.41) is 0. The van der Waals surface area contributed by atoms with Crippen molar-refractivity contribution in [1.82, 2.24) is 0 Å². The minimum Gasteiger partial charge on any atom is -0.311 e. The molecule has 0 spiro atoms. The van der Waals surface area contributed by atoms with Gasteiger partial charge in [-0.05, 0) is 173 Å². The highest BCUT2D eigenvalue weighted by Crippen LogP contribution is 2.51. The lowest BCUT2D eigenvalue weighted by molar-refractivity contribution is 1.25. The van der Waals surface area contributed by atoms with Crippen molar-refractivity contribution in [3.63, 3.8) is 0 Å². The Balaban J connectivity index is 1.04. The van der Waals surface area contributed by atoms with Gasteiger partial charge >= 0.3 is 0 Å². The second-order valence-electron chi connectivity index (χ2n) is 20.2. The van der Waals surface area contributed by atoms with E-state index in [1.165, 1.54) is 0 Å². The molecule has 0 atom stereocenters. The summed E-state index contributed by atoms with van der Waals surface area (Å²) in [6, 6.07) is 126. The van der Waals surface area contributed by atoms with Gasteiger partial charge in [-0.3, -0.25) is 0 Å².